The van der Waals surface area contributed by atoms with Crippen molar-refractivity contribution < 1.29 is 4.74 Å². The molecular weight excluding hydrogens is 439 g/mol. The summed E-state index contributed by atoms with van der Waals surface area (Å²) in [7, 11) is 1.82. The summed E-state index contributed by atoms with van der Waals surface area (Å²) in [6.45, 7) is 5.51. The van der Waals surface area contributed by atoms with Gasteiger partial charge in [-0.2, -0.15) is 0 Å². The molecule has 3 rings (SSSR count). The van der Waals surface area contributed by atoms with E-state index in [1.54, 1.807) is 0 Å². The normalized spacial score (nSPS) is 14.7. The van der Waals surface area contributed by atoms with Gasteiger partial charge in [-0.3, -0.25) is 4.99 Å². The SMILES string of the molecule is CN=C(NCCC1=CCOCC1)NCCc1c(C)[nH]c2ccccc12.I. The van der Waals surface area contributed by atoms with E-state index < -0.39 is 0 Å². The largest absolute Gasteiger partial charge is 0.377 e. The Morgan fingerprint density at radius 1 is 1.19 bits per heavy atom. The van der Waals surface area contributed by atoms with Crippen LogP contribution in [0.5, 0.6) is 0 Å². The summed E-state index contributed by atoms with van der Waals surface area (Å²) in [5, 5.41) is 8.13. The molecule has 1 aromatic carbocycles. The summed E-state index contributed by atoms with van der Waals surface area (Å²) in [6, 6.07) is 8.48. The number of H-pyrrole nitrogens is 1. The smallest absolute Gasteiger partial charge is 0.190 e. The Kier molecular flexibility index (Phi) is 8.44. The second kappa shape index (κ2) is 10.6. The minimum Gasteiger partial charge on any atom is -0.377 e. The molecule has 6 heteroatoms. The van der Waals surface area contributed by atoms with Crippen LogP contribution in [0, 0.1) is 6.92 Å². The van der Waals surface area contributed by atoms with Gasteiger partial charge in [0.15, 0.2) is 5.96 Å². The second-order valence-corrected chi connectivity index (χ2v) is 6.39. The highest BCUT2D eigenvalue weighted by atomic mass is 127. The fraction of sp³-hybridized carbons (Fsp3) is 0.450. The van der Waals surface area contributed by atoms with Crippen molar-refractivity contribution in [1.29, 1.82) is 0 Å². The maximum absolute atomic E-state index is 5.34. The van der Waals surface area contributed by atoms with Crippen LogP contribution in [-0.4, -0.2) is 44.3 Å². The van der Waals surface area contributed by atoms with Gasteiger partial charge in [0, 0.05) is 36.7 Å². The molecule has 0 unspecified atom stereocenters. The van der Waals surface area contributed by atoms with Crippen molar-refractivity contribution >= 4 is 40.8 Å². The molecule has 0 fully saturated rings. The molecule has 3 N–H and O–H groups in total. The molecule has 0 saturated heterocycles. The minimum absolute atomic E-state index is 0. The molecule has 1 aromatic heterocycles. The van der Waals surface area contributed by atoms with E-state index in [0.717, 1.165) is 51.5 Å². The van der Waals surface area contributed by atoms with Crippen molar-refractivity contribution in [3.8, 4) is 0 Å². The summed E-state index contributed by atoms with van der Waals surface area (Å²) in [6.07, 6.45) is 5.26. The van der Waals surface area contributed by atoms with Gasteiger partial charge in [0.2, 0.25) is 0 Å². The number of nitrogens with one attached hydrogen (secondary N) is 3. The van der Waals surface area contributed by atoms with Gasteiger partial charge in [0.1, 0.15) is 0 Å². The molecule has 0 spiro atoms. The van der Waals surface area contributed by atoms with Crippen LogP contribution in [0.2, 0.25) is 0 Å². The summed E-state index contributed by atoms with van der Waals surface area (Å²) in [4.78, 5) is 7.78. The monoisotopic (exact) mass is 468 g/mol. The van der Waals surface area contributed by atoms with Crippen LogP contribution in [0.25, 0.3) is 10.9 Å². The third-order valence-electron chi connectivity index (χ3n) is 4.71. The number of para-hydroxylation sites is 1. The zero-order valence-electron chi connectivity index (χ0n) is 15.6. The van der Waals surface area contributed by atoms with E-state index in [2.05, 4.69) is 57.9 Å². The number of nitrogens with zero attached hydrogens (tertiary/aromatic N) is 1. The topological polar surface area (TPSA) is 61.4 Å². The Balaban J connectivity index is 0.00000243. The zero-order valence-corrected chi connectivity index (χ0v) is 17.9. The van der Waals surface area contributed by atoms with E-state index in [0.29, 0.717) is 0 Å². The number of aromatic amines is 1. The molecule has 0 amide bonds. The van der Waals surface area contributed by atoms with Crippen LogP contribution in [0.15, 0.2) is 40.9 Å². The molecule has 26 heavy (non-hydrogen) atoms. The lowest BCUT2D eigenvalue weighted by Crippen LogP contribution is -2.38. The Hall–Kier alpha value is -1.54. The first kappa shape index (κ1) is 20.8. The summed E-state index contributed by atoms with van der Waals surface area (Å²) < 4.78 is 5.34. The fourth-order valence-corrected chi connectivity index (χ4v) is 3.32. The lowest BCUT2D eigenvalue weighted by molar-refractivity contribution is 0.153. The van der Waals surface area contributed by atoms with E-state index in [9.17, 15) is 0 Å². The number of benzene rings is 1. The average Bonchev–Trinajstić information content (AvgIpc) is 2.97. The number of rotatable bonds is 6. The van der Waals surface area contributed by atoms with Crippen molar-refractivity contribution in [3.05, 3.63) is 47.2 Å². The first-order chi connectivity index (χ1) is 12.3. The number of hydrogen-bond donors (Lipinski definition) is 3. The predicted molar refractivity (Wildman–Crippen MR) is 120 cm³/mol. The van der Waals surface area contributed by atoms with E-state index in [1.165, 1.54) is 27.7 Å². The van der Waals surface area contributed by atoms with Gasteiger partial charge >= 0.3 is 0 Å². The third-order valence-corrected chi connectivity index (χ3v) is 4.71. The van der Waals surface area contributed by atoms with Gasteiger partial charge in [-0.25, -0.2) is 0 Å². The summed E-state index contributed by atoms with van der Waals surface area (Å²) >= 11 is 0. The number of fused-ring (bicyclic) bond motifs is 1. The second-order valence-electron chi connectivity index (χ2n) is 6.39. The van der Waals surface area contributed by atoms with Crippen molar-refractivity contribution in [2.75, 3.05) is 33.4 Å². The van der Waals surface area contributed by atoms with E-state index in [-0.39, 0.29) is 24.0 Å². The molecule has 0 atom stereocenters. The summed E-state index contributed by atoms with van der Waals surface area (Å²) in [5.74, 6) is 0.866. The van der Waals surface area contributed by atoms with Gasteiger partial charge in [-0.05, 0) is 37.8 Å². The fourth-order valence-electron chi connectivity index (χ4n) is 3.32. The van der Waals surface area contributed by atoms with Crippen LogP contribution in [0.1, 0.15) is 24.1 Å². The highest BCUT2D eigenvalue weighted by molar-refractivity contribution is 14.0. The van der Waals surface area contributed by atoms with Crippen molar-refractivity contribution in [3.63, 3.8) is 0 Å². The average molecular weight is 468 g/mol. The molecule has 5 nitrogen and oxygen atoms in total. The van der Waals surface area contributed by atoms with Crippen molar-refractivity contribution in [2.24, 2.45) is 4.99 Å². The Morgan fingerprint density at radius 3 is 2.69 bits per heavy atom. The number of halogens is 1. The standard InChI is InChI=1S/C20H28N4O.HI/c1-15-17(18-5-3-4-6-19(18)24-15)8-12-23-20(21-2)22-11-7-16-9-13-25-14-10-16;/h3-6,9,24H,7-8,10-14H2,1-2H3,(H2,21,22,23);1H. The number of aliphatic imine (C=N–C) groups is 1. The van der Waals surface area contributed by atoms with Crippen LogP contribution in [-0.2, 0) is 11.2 Å². The molecule has 1 aliphatic heterocycles. The van der Waals surface area contributed by atoms with E-state index in [1.807, 2.05) is 7.05 Å². The first-order valence-electron chi connectivity index (χ1n) is 9.04. The maximum atomic E-state index is 5.34. The Bertz CT molecular complexity index is 766. The molecule has 142 valence electrons. The van der Waals surface area contributed by atoms with Gasteiger partial charge in [0.25, 0.3) is 0 Å². The molecule has 1 aliphatic rings. The van der Waals surface area contributed by atoms with Crippen LogP contribution in [0.3, 0.4) is 0 Å². The van der Waals surface area contributed by atoms with Gasteiger partial charge in [-0.1, -0.05) is 29.8 Å². The quantitative estimate of drug-likeness (QED) is 0.263. The molecule has 2 heterocycles. The van der Waals surface area contributed by atoms with Gasteiger partial charge < -0.3 is 20.4 Å². The Labute approximate surface area is 172 Å². The lowest BCUT2D eigenvalue weighted by Gasteiger charge is -2.15. The molecule has 0 saturated carbocycles. The molecule has 0 radical (unpaired) electrons. The van der Waals surface area contributed by atoms with Crippen LogP contribution < -0.4 is 10.6 Å². The highest BCUT2D eigenvalue weighted by Crippen LogP contribution is 2.21. The number of aryl methyl sites for hydroxylation is 1. The minimum atomic E-state index is 0. The summed E-state index contributed by atoms with van der Waals surface area (Å²) in [5.41, 5.74) is 5.31. The molecular formula is C20H29IN4O. The predicted octanol–water partition coefficient (Wildman–Crippen LogP) is 3.54. The zero-order chi connectivity index (χ0) is 17.5. The van der Waals surface area contributed by atoms with E-state index >= 15 is 0 Å². The third kappa shape index (κ3) is 5.48. The van der Waals surface area contributed by atoms with Gasteiger partial charge in [0.05, 0.1) is 13.2 Å². The number of guanidine groups is 1. The molecule has 2 aromatic rings. The highest BCUT2D eigenvalue weighted by Gasteiger charge is 2.08. The van der Waals surface area contributed by atoms with Crippen LogP contribution >= 0.6 is 24.0 Å². The van der Waals surface area contributed by atoms with Crippen molar-refractivity contribution in [2.45, 2.75) is 26.2 Å². The number of ether oxygens (including phenoxy) is 1. The van der Waals surface area contributed by atoms with Crippen molar-refractivity contribution in [1.82, 2.24) is 15.6 Å². The maximum Gasteiger partial charge on any atom is 0.190 e. The molecule has 0 aliphatic carbocycles. The number of hydrogen-bond acceptors (Lipinski definition) is 2. The number of aromatic nitrogens is 1. The first-order valence-corrected chi connectivity index (χ1v) is 9.04. The lowest BCUT2D eigenvalue weighted by atomic mass is 10.1. The Morgan fingerprint density at radius 2 is 1.96 bits per heavy atom. The van der Waals surface area contributed by atoms with E-state index in [4.69, 9.17) is 4.74 Å². The van der Waals surface area contributed by atoms with Crippen LogP contribution in [0.4, 0.5) is 0 Å². The van der Waals surface area contributed by atoms with Gasteiger partial charge in [-0.15, -0.1) is 24.0 Å². The molecule has 0 bridgehead atoms.